The first-order chi connectivity index (χ1) is 9.08. The highest BCUT2D eigenvalue weighted by molar-refractivity contribution is 6.00. The SMILES string of the molecule is CCNC(=O)CCOc1ccc(F)cc1C(C)=NO. The van der Waals surface area contributed by atoms with E-state index in [4.69, 9.17) is 9.94 Å². The molecule has 0 aliphatic rings. The minimum atomic E-state index is -0.450. The van der Waals surface area contributed by atoms with Crippen molar-refractivity contribution in [2.45, 2.75) is 20.3 Å². The molecule has 6 heteroatoms. The summed E-state index contributed by atoms with van der Waals surface area (Å²) in [6.45, 7) is 4.10. The summed E-state index contributed by atoms with van der Waals surface area (Å²) in [6.07, 6.45) is 0.208. The van der Waals surface area contributed by atoms with Gasteiger partial charge in [0.05, 0.1) is 18.7 Å². The van der Waals surface area contributed by atoms with Gasteiger partial charge in [0.2, 0.25) is 5.91 Å². The highest BCUT2D eigenvalue weighted by Gasteiger charge is 2.10. The summed E-state index contributed by atoms with van der Waals surface area (Å²) in [5, 5.41) is 14.4. The van der Waals surface area contributed by atoms with Crippen molar-refractivity contribution >= 4 is 11.6 Å². The highest BCUT2D eigenvalue weighted by atomic mass is 19.1. The molecule has 0 aliphatic heterocycles. The van der Waals surface area contributed by atoms with Crippen LogP contribution >= 0.6 is 0 Å². The molecule has 1 rings (SSSR count). The highest BCUT2D eigenvalue weighted by Crippen LogP contribution is 2.20. The zero-order valence-electron chi connectivity index (χ0n) is 10.9. The molecule has 0 aliphatic carbocycles. The molecule has 0 atom stereocenters. The molecule has 2 N–H and O–H groups in total. The summed E-state index contributed by atoms with van der Waals surface area (Å²) in [7, 11) is 0. The molecule has 0 heterocycles. The van der Waals surface area contributed by atoms with Gasteiger partial charge in [-0.15, -0.1) is 0 Å². The summed E-state index contributed by atoms with van der Waals surface area (Å²) in [4.78, 5) is 11.2. The number of carbonyl (C=O) groups excluding carboxylic acids is 1. The topological polar surface area (TPSA) is 70.9 Å². The van der Waals surface area contributed by atoms with Gasteiger partial charge in [-0.3, -0.25) is 4.79 Å². The van der Waals surface area contributed by atoms with Gasteiger partial charge < -0.3 is 15.3 Å². The van der Waals surface area contributed by atoms with Crippen LogP contribution in [-0.2, 0) is 4.79 Å². The number of hydrogen-bond acceptors (Lipinski definition) is 4. The molecule has 1 amide bonds. The first-order valence-electron chi connectivity index (χ1n) is 5.96. The van der Waals surface area contributed by atoms with Gasteiger partial charge in [0.1, 0.15) is 11.6 Å². The number of amides is 1. The molecule has 1 aromatic carbocycles. The second-order valence-electron chi connectivity index (χ2n) is 3.88. The number of hydrogen-bond donors (Lipinski definition) is 2. The van der Waals surface area contributed by atoms with Crippen LogP contribution in [0, 0.1) is 5.82 Å². The quantitative estimate of drug-likeness (QED) is 0.470. The van der Waals surface area contributed by atoms with E-state index >= 15 is 0 Å². The van der Waals surface area contributed by atoms with Crippen LogP contribution in [0.1, 0.15) is 25.8 Å². The maximum Gasteiger partial charge on any atom is 0.223 e. The van der Waals surface area contributed by atoms with Crippen LogP contribution in [0.5, 0.6) is 5.75 Å². The normalized spacial score (nSPS) is 11.2. The van der Waals surface area contributed by atoms with Crippen molar-refractivity contribution in [1.29, 1.82) is 0 Å². The van der Waals surface area contributed by atoms with Crippen molar-refractivity contribution in [3.63, 3.8) is 0 Å². The molecule has 0 fully saturated rings. The molecule has 104 valence electrons. The van der Waals surface area contributed by atoms with Gasteiger partial charge in [0.25, 0.3) is 0 Å². The van der Waals surface area contributed by atoms with Crippen molar-refractivity contribution in [2.24, 2.45) is 5.16 Å². The van der Waals surface area contributed by atoms with Gasteiger partial charge in [-0.2, -0.15) is 0 Å². The van der Waals surface area contributed by atoms with Crippen LogP contribution in [0.15, 0.2) is 23.4 Å². The first kappa shape index (κ1) is 14.9. The largest absolute Gasteiger partial charge is 0.492 e. The number of oxime groups is 1. The van der Waals surface area contributed by atoms with E-state index in [0.717, 1.165) is 0 Å². The average Bonchev–Trinajstić information content (AvgIpc) is 2.39. The average molecular weight is 268 g/mol. The third-order valence-electron chi connectivity index (χ3n) is 2.44. The number of benzene rings is 1. The maximum atomic E-state index is 13.1. The molecule has 0 saturated carbocycles. The minimum absolute atomic E-state index is 0.112. The number of rotatable bonds is 6. The van der Waals surface area contributed by atoms with Gasteiger partial charge in [0, 0.05) is 12.1 Å². The van der Waals surface area contributed by atoms with Crippen molar-refractivity contribution in [2.75, 3.05) is 13.2 Å². The summed E-state index contributed by atoms with van der Waals surface area (Å²) in [5.41, 5.74) is 0.603. The van der Waals surface area contributed by atoms with E-state index in [1.165, 1.54) is 25.1 Å². The summed E-state index contributed by atoms with van der Waals surface area (Å²) < 4.78 is 18.6. The number of carbonyl (C=O) groups is 1. The maximum absolute atomic E-state index is 13.1. The van der Waals surface area contributed by atoms with Crippen LogP contribution in [0.3, 0.4) is 0 Å². The lowest BCUT2D eigenvalue weighted by molar-refractivity contribution is -0.121. The fraction of sp³-hybridized carbons (Fsp3) is 0.385. The molecular weight excluding hydrogens is 251 g/mol. The molecule has 0 aromatic heterocycles. The van der Waals surface area contributed by atoms with Gasteiger partial charge in [0.15, 0.2) is 0 Å². The molecule has 0 spiro atoms. The molecule has 0 unspecified atom stereocenters. The van der Waals surface area contributed by atoms with E-state index in [0.29, 0.717) is 17.9 Å². The summed E-state index contributed by atoms with van der Waals surface area (Å²) in [5.74, 6) is -0.186. The Morgan fingerprint density at radius 2 is 2.26 bits per heavy atom. The molecule has 0 saturated heterocycles. The second kappa shape index (κ2) is 7.35. The molecule has 0 radical (unpaired) electrons. The molecule has 5 nitrogen and oxygen atoms in total. The fourth-order valence-electron chi connectivity index (χ4n) is 1.50. The number of halogens is 1. The number of nitrogens with one attached hydrogen (secondary N) is 1. The zero-order chi connectivity index (χ0) is 14.3. The predicted octanol–water partition coefficient (Wildman–Crippen LogP) is 1.93. The van der Waals surface area contributed by atoms with Gasteiger partial charge in [-0.25, -0.2) is 4.39 Å². The molecule has 0 bridgehead atoms. The van der Waals surface area contributed by atoms with E-state index in [1.54, 1.807) is 0 Å². The first-order valence-corrected chi connectivity index (χ1v) is 5.96. The molecule has 1 aromatic rings. The van der Waals surface area contributed by atoms with Crippen LogP contribution in [0.2, 0.25) is 0 Å². The van der Waals surface area contributed by atoms with Crippen LogP contribution in [0.4, 0.5) is 4.39 Å². The Balaban J connectivity index is 2.70. The van der Waals surface area contributed by atoms with E-state index in [1.807, 2.05) is 6.92 Å². The third kappa shape index (κ3) is 4.57. The van der Waals surface area contributed by atoms with E-state index in [2.05, 4.69) is 10.5 Å². The van der Waals surface area contributed by atoms with Crippen molar-refractivity contribution in [1.82, 2.24) is 5.32 Å². The summed E-state index contributed by atoms with van der Waals surface area (Å²) >= 11 is 0. The van der Waals surface area contributed by atoms with Crippen LogP contribution in [0.25, 0.3) is 0 Å². The smallest absolute Gasteiger partial charge is 0.223 e. The van der Waals surface area contributed by atoms with Gasteiger partial charge in [-0.05, 0) is 32.0 Å². The standard InChI is InChI=1S/C13H17FN2O3/c1-3-15-13(17)6-7-19-12-5-4-10(14)8-11(12)9(2)16-18/h4-5,8,18H,3,6-7H2,1-2H3,(H,15,17). The van der Waals surface area contributed by atoms with Gasteiger partial charge >= 0.3 is 0 Å². The van der Waals surface area contributed by atoms with Crippen molar-refractivity contribution in [3.8, 4) is 5.75 Å². The number of nitrogens with zero attached hydrogens (tertiary/aromatic N) is 1. The van der Waals surface area contributed by atoms with Crippen molar-refractivity contribution in [3.05, 3.63) is 29.6 Å². The minimum Gasteiger partial charge on any atom is -0.492 e. The van der Waals surface area contributed by atoms with Crippen LogP contribution in [-0.4, -0.2) is 30.0 Å². The Morgan fingerprint density at radius 1 is 1.53 bits per heavy atom. The molecular formula is C13H17FN2O3. The van der Waals surface area contributed by atoms with Crippen LogP contribution < -0.4 is 10.1 Å². The second-order valence-corrected chi connectivity index (χ2v) is 3.88. The van der Waals surface area contributed by atoms with Gasteiger partial charge in [-0.1, -0.05) is 5.16 Å². The van der Waals surface area contributed by atoms with E-state index in [9.17, 15) is 9.18 Å². The number of ether oxygens (including phenoxy) is 1. The zero-order valence-corrected chi connectivity index (χ0v) is 10.9. The fourth-order valence-corrected chi connectivity index (χ4v) is 1.50. The lowest BCUT2D eigenvalue weighted by Gasteiger charge is -2.10. The lowest BCUT2D eigenvalue weighted by Crippen LogP contribution is -2.24. The Labute approximate surface area is 111 Å². The van der Waals surface area contributed by atoms with E-state index in [-0.39, 0.29) is 24.6 Å². The summed E-state index contributed by atoms with van der Waals surface area (Å²) in [6, 6.07) is 3.91. The monoisotopic (exact) mass is 268 g/mol. The molecule has 19 heavy (non-hydrogen) atoms. The Hall–Kier alpha value is -2.11. The Morgan fingerprint density at radius 3 is 2.89 bits per heavy atom. The lowest BCUT2D eigenvalue weighted by atomic mass is 10.1. The van der Waals surface area contributed by atoms with E-state index < -0.39 is 5.82 Å². The Bertz CT molecular complexity index is 475. The third-order valence-corrected chi connectivity index (χ3v) is 2.44. The van der Waals surface area contributed by atoms with Crippen molar-refractivity contribution < 1.29 is 19.1 Å². The predicted molar refractivity (Wildman–Crippen MR) is 69.2 cm³/mol. The Kier molecular flexibility index (Phi) is 5.78.